The Hall–Kier alpha value is -1.39. The molecule has 0 unspecified atom stereocenters. The van der Waals surface area contributed by atoms with Gasteiger partial charge in [0.15, 0.2) is 0 Å². The van der Waals surface area contributed by atoms with Gasteiger partial charge in [-0.05, 0) is 24.5 Å². The lowest BCUT2D eigenvalue weighted by atomic mass is 10.1. The molecule has 0 spiro atoms. The Balaban J connectivity index is 1.63. The van der Waals surface area contributed by atoms with Crippen molar-refractivity contribution in [1.82, 2.24) is 15.5 Å². The number of nitrogens with zero attached hydrogens (tertiary/aromatic N) is 2. The van der Waals surface area contributed by atoms with E-state index in [1.807, 2.05) is 24.3 Å². The zero-order valence-corrected chi connectivity index (χ0v) is 10.7. The van der Waals surface area contributed by atoms with Gasteiger partial charge in [0.2, 0.25) is 11.8 Å². The number of nitrogens with one attached hydrogen (secondary N) is 1. The summed E-state index contributed by atoms with van der Waals surface area (Å²) in [4.78, 5) is 0. The highest BCUT2D eigenvalue weighted by Crippen LogP contribution is 2.20. The number of hydrogen-bond acceptors (Lipinski definition) is 4. The molecule has 0 saturated heterocycles. The molecular formula is C13H14ClN3O. The van der Waals surface area contributed by atoms with Gasteiger partial charge in [0, 0.05) is 11.1 Å². The third-order valence-corrected chi connectivity index (χ3v) is 3.30. The normalized spacial score (nSPS) is 14.9. The first-order valence-electron chi connectivity index (χ1n) is 6.09. The van der Waals surface area contributed by atoms with Crippen LogP contribution in [-0.2, 0) is 13.0 Å². The van der Waals surface area contributed by atoms with Crippen LogP contribution < -0.4 is 5.32 Å². The molecule has 1 aromatic heterocycles. The van der Waals surface area contributed by atoms with Crippen LogP contribution in [-0.4, -0.2) is 16.2 Å². The van der Waals surface area contributed by atoms with Gasteiger partial charge in [-0.1, -0.05) is 29.8 Å². The van der Waals surface area contributed by atoms with E-state index in [4.69, 9.17) is 16.0 Å². The van der Waals surface area contributed by atoms with Gasteiger partial charge < -0.3 is 9.73 Å². The summed E-state index contributed by atoms with van der Waals surface area (Å²) < 4.78 is 5.58. The summed E-state index contributed by atoms with van der Waals surface area (Å²) in [7, 11) is 0. The lowest BCUT2D eigenvalue weighted by molar-refractivity contribution is 0.438. The van der Waals surface area contributed by atoms with Gasteiger partial charge in [0.1, 0.15) is 0 Å². The minimum absolute atomic E-state index is 0.579. The molecule has 4 nitrogen and oxygen atoms in total. The zero-order chi connectivity index (χ0) is 12.4. The van der Waals surface area contributed by atoms with Crippen LogP contribution in [0.15, 0.2) is 28.7 Å². The van der Waals surface area contributed by atoms with Crippen molar-refractivity contribution in [2.45, 2.75) is 31.8 Å². The first kappa shape index (κ1) is 11.7. The van der Waals surface area contributed by atoms with E-state index in [1.165, 1.54) is 12.8 Å². The maximum atomic E-state index is 6.09. The number of hydrogen-bond donors (Lipinski definition) is 1. The fourth-order valence-corrected chi connectivity index (χ4v) is 1.96. The van der Waals surface area contributed by atoms with Crippen molar-refractivity contribution in [1.29, 1.82) is 0 Å². The standard InChI is InChI=1S/C13H14ClN3O/c14-11-4-2-1-3-9(11)7-12-16-17-13(18-12)8-15-10-5-6-10/h1-4,10,15H,5-8H2. The first-order valence-corrected chi connectivity index (χ1v) is 6.47. The molecule has 0 atom stereocenters. The van der Waals surface area contributed by atoms with Crippen LogP contribution in [0.1, 0.15) is 30.2 Å². The Bertz CT molecular complexity index is 537. The van der Waals surface area contributed by atoms with Gasteiger partial charge >= 0.3 is 0 Å². The SMILES string of the molecule is Clc1ccccc1Cc1nnc(CNC2CC2)o1. The van der Waals surface area contributed by atoms with Crippen LogP contribution in [0.5, 0.6) is 0 Å². The summed E-state index contributed by atoms with van der Waals surface area (Å²) in [5.74, 6) is 1.25. The quantitative estimate of drug-likeness (QED) is 0.901. The lowest BCUT2D eigenvalue weighted by Crippen LogP contribution is -2.15. The maximum absolute atomic E-state index is 6.09. The second kappa shape index (κ2) is 5.08. The highest BCUT2D eigenvalue weighted by atomic mass is 35.5. The van der Waals surface area contributed by atoms with Crippen LogP contribution in [0.3, 0.4) is 0 Å². The van der Waals surface area contributed by atoms with Crippen molar-refractivity contribution in [3.8, 4) is 0 Å². The fraction of sp³-hybridized carbons (Fsp3) is 0.385. The zero-order valence-electron chi connectivity index (χ0n) is 9.90. The lowest BCUT2D eigenvalue weighted by Gasteiger charge is -1.99. The summed E-state index contributed by atoms with van der Waals surface area (Å²) in [5.41, 5.74) is 1.00. The monoisotopic (exact) mass is 263 g/mol. The maximum Gasteiger partial charge on any atom is 0.230 e. The molecule has 1 heterocycles. The third-order valence-electron chi connectivity index (χ3n) is 2.93. The van der Waals surface area contributed by atoms with Gasteiger partial charge in [-0.25, -0.2) is 0 Å². The molecule has 1 aromatic carbocycles. The van der Waals surface area contributed by atoms with Crippen molar-refractivity contribution < 1.29 is 4.42 Å². The molecule has 1 aliphatic rings. The number of benzene rings is 1. The predicted molar refractivity (Wildman–Crippen MR) is 68.4 cm³/mol. The molecule has 1 N–H and O–H groups in total. The Labute approximate surface area is 110 Å². The minimum atomic E-state index is 0.579. The van der Waals surface area contributed by atoms with Gasteiger partial charge in [-0.2, -0.15) is 0 Å². The average Bonchev–Trinajstić information content (AvgIpc) is 3.10. The van der Waals surface area contributed by atoms with Crippen molar-refractivity contribution in [2.75, 3.05) is 0 Å². The molecule has 3 rings (SSSR count). The van der Waals surface area contributed by atoms with E-state index >= 15 is 0 Å². The molecular weight excluding hydrogens is 250 g/mol. The highest BCUT2D eigenvalue weighted by Gasteiger charge is 2.21. The van der Waals surface area contributed by atoms with E-state index in [1.54, 1.807) is 0 Å². The Morgan fingerprint density at radius 3 is 2.78 bits per heavy atom. The van der Waals surface area contributed by atoms with Crippen LogP contribution in [0.25, 0.3) is 0 Å². The molecule has 0 radical (unpaired) electrons. The first-order chi connectivity index (χ1) is 8.81. The Morgan fingerprint density at radius 2 is 2.00 bits per heavy atom. The van der Waals surface area contributed by atoms with E-state index in [0.29, 0.717) is 30.8 Å². The van der Waals surface area contributed by atoms with Crippen LogP contribution >= 0.6 is 11.6 Å². The molecule has 18 heavy (non-hydrogen) atoms. The van der Waals surface area contributed by atoms with Crippen molar-refractivity contribution in [3.63, 3.8) is 0 Å². The fourth-order valence-electron chi connectivity index (χ4n) is 1.76. The molecule has 1 aliphatic carbocycles. The summed E-state index contributed by atoms with van der Waals surface area (Å²) in [5, 5.41) is 12.1. The van der Waals surface area contributed by atoms with Crippen LogP contribution in [0.4, 0.5) is 0 Å². The Kier molecular flexibility index (Phi) is 3.30. The topological polar surface area (TPSA) is 51.0 Å². The second-order valence-corrected chi connectivity index (χ2v) is 4.92. The minimum Gasteiger partial charge on any atom is -0.424 e. The molecule has 0 amide bonds. The average molecular weight is 264 g/mol. The van der Waals surface area contributed by atoms with Gasteiger partial charge in [0.05, 0.1) is 13.0 Å². The molecule has 94 valence electrons. The molecule has 0 aliphatic heterocycles. The Morgan fingerprint density at radius 1 is 1.22 bits per heavy atom. The summed E-state index contributed by atoms with van der Waals surface area (Å²) in [6, 6.07) is 8.33. The molecule has 2 aromatic rings. The van der Waals surface area contributed by atoms with Gasteiger partial charge in [-0.3, -0.25) is 0 Å². The van der Waals surface area contributed by atoms with E-state index in [2.05, 4.69) is 15.5 Å². The van der Waals surface area contributed by atoms with Crippen molar-refractivity contribution in [2.24, 2.45) is 0 Å². The van der Waals surface area contributed by atoms with E-state index in [0.717, 1.165) is 10.6 Å². The highest BCUT2D eigenvalue weighted by molar-refractivity contribution is 6.31. The molecule has 1 fully saturated rings. The van der Waals surface area contributed by atoms with Crippen molar-refractivity contribution in [3.05, 3.63) is 46.6 Å². The number of aromatic nitrogens is 2. The third kappa shape index (κ3) is 2.89. The van der Waals surface area contributed by atoms with E-state index in [-0.39, 0.29) is 0 Å². The number of rotatable bonds is 5. The summed E-state index contributed by atoms with van der Waals surface area (Å²) in [6.07, 6.45) is 3.08. The van der Waals surface area contributed by atoms with Gasteiger partial charge in [0.25, 0.3) is 0 Å². The summed E-state index contributed by atoms with van der Waals surface area (Å²) in [6.45, 7) is 0.653. The van der Waals surface area contributed by atoms with E-state index in [9.17, 15) is 0 Å². The molecule has 0 bridgehead atoms. The number of halogens is 1. The van der Waals surface area contributed by atoms with Crippen LogP contribution in [0.2, 0.25) is 5.02 Å². The van der Waals surface area contributed by atoms with Crippen molar-refractivity contribution >= 4 is 11.6 Å². The van der Waals surface area contributed by atoms with E-state index < -0.39 is 0 Å². The van der Waals surface area contributed by atoms with Crippen LogP contribution in [0, 0.1) is 0 Å². The van der Waals surface area contributed by atoms with Gasteiger partial charge in [-0.15, -0.1) is 10.2 Å². The molecule has 5 heteroatoms. The largest absolute Gasteiger partial charge is 0.424 e. The molecule has 1 saturated carbocycles. The second-order valence-electron chi connectivity index (χ2n) is 4.51. The predicted octanol–water partition coefficient (Wildman–Crippen LogP) is 2.57. The smallest absolute Gasteiger partial charge is 0.230 e. The summed E-state index contributed by atoms with van der Waals surface area (Å²) >= 11 is 6.09.